The van der Waals surface area contributed by atoms with E-state index in [1.165, 1.54) is 36.8 Å². The van der Waals surface area contributed by atoms with Crippen LogP contribution in [0.15, 0.2) is 18.2 Å². The molecular formula is C14H20O. The zero-order valence-electron chi connectivity index (χ0n) is 9.75. The van der Waals surface area contributed by atoms with Gasteiger partial charge in [-0.1, -0.05) is 30.5 Å². The molecule has 1 heteroatoms. The molecule has 0 aromatic heterocycles. The third-order valence-electron chi connectivity index (χ3n) is 3.28. The fourth-order valence-electron chi connectivity index (χ4n) is 2.35. The fraction of sp³-hybridized carbons (Fsp3) is 0.571. The number of ether oxygens (including phenoxy) is 1. The van der Waals surface area contributed by atoms with E-state index in [9.17, 15) is 0 Å². The van der Waals surface area contributed by atoms with Crippen molar-refractivity contribution in [1.82, 2.24) is 0 Å². The van der Waals surface area contributed by atoms with E-state index in [1.54, 1.807) is 0 Å². The minimum atomic E-state index is 0.797. The van der Waals surface area contributed by atoms with Gasteiger partial charge in [0.2, 0.25) is 0 Å². The summed E-state index contributed by atoms with van der Waals surface area (Å²) in [6, 6.07) is 6.40. The highest BCUT2D eigenvalue weighted by Crippen LogP contribution is 2.26. The van der Waals surface area contributed by atoms with E-state index in [0.29, 0.717) is 0 Å². The largest absolute Gasteiger partial charge is 0.493 e. The van der Waals surface area contributed by atoms with Crippen molar-refractivity contribution in [2.75, 3.05) is 6.61 Å². The topological polar surface area (TPSA) is 9.23 Å². The third-order valence-corrected chi connectivity index (χ3v) is 3.28. The van der Waals surface area contributed by atoms with Gasteiger partial charge in [0, 0.05) is 0 Å². The highest BCUT2D eigenvalue weighted by Gasteiger charge is 2.15. The van der Waals surface area contributed by atoms with Crippen molar-refractivity contribution in [3.05, 3.63) is 29.3 Å². The highest BCUT2D eigenvalue weighted by atomic mass is 16.5. The van der Waals surface area contributed by atoms with E-state index < -0.39 is 0 Å². The maximum absolute atomic E-state index is 5.88. The number of aryl methyl sites for hydroxylation is 2. The van der Waals surface area contributed by atoms with E-state index in [0.717, 1.165) is 18.3 Å². The molecule has 0 radical (unpaired) electrons. The Morgan fingerprint density at radius 3 is 2.60 bits per heavy atom. The summed E-state index contributed by atoms with van der Waals surface area (Å²) >= 11 is 0. The molecule has 1 aromatic carbocycles. The molecule has 15 heavy (non-hydrogen) atoms. The standard InChI is InChI=1S/C14H20O/c1-11-7-8-14(12(2)9-11)15-10-13-5-3-4-6-13/h7-9,13H,3-6,10H2,1-2H3. The van der Waals surface area contributed by atoms with Crippen LogP contribution >= 0.6 is 0 Å². The lowest BCUT2D eigenvalue weighted by Crippen LogP contribution is -2.08. The Bertz CT molecular complexity index is 324. The molecule has 2 rings (SSSR count). The Morgan fingerprint density at radius 1 is 1.20 bits per heavy atom. The van der Waals surface area contributed by atoms with E-state index >= 15 is 0 Å². The van der Waals surface area contributed by atoms with Crippen LogP contribution in [-0.4, -0.2) is 6.61 Å². The molecule has 1 saturated carbocycles. The average molecular weight is 204 g/mol. The van der Waals surface area contributed by atoms with Crippen molar-refractivity contribution in [2.45, 2.75) is 39.5 Å². The molecule has 0 aliphatic heterocycles. The van der Waals surface area contributed by atoms with Crippen LogP contribution in [-0.2, 0) is 0 Å². The molecule has 0 spiro atoms. The summed E-state index contributed by atoms with van der Waals surface area (Å²) in [6.07, 6.45) is 5.48. The van der Waals surface area contributed by atoms with Crippen LogP contribution in [0.4, 0.5) is 0 Å². The summed E-state index contributed by atoms with van der Waals surface area (Å²) in [5.41, 5.74) is 2.56. The monoisotopic (exact) mass is 204 g/mol. The molecule has 0 N–H and O–H groups in total. The van der Waals surface area contributed by atoms with Gasteiger partial charge in [0.15, 0.2) is 0 Å². The molecule has 0 amide bonds. The van der Waals surface area contributed by atoms with Crippen molar-refractivity contribution in [3.63, 3.8) is 0 Å². The first kappa shape index (κ1) is 10.5. The lowest BCUT2D eigenvalue weighted by atomic mass is 10.1. The molecular weight excluding hydrogens is 184 g/mol. The van der Waals surface area contributed by atoms with Gasteiger partial charge in [0.1, 0.15) is 5.75 Å². The smallest absolute Gasteiger partial charge is 0.122 e. The molecule has 1 fully saturated rings. The summed E-state index contributed by atoms with van der Waals surface area (Å²) in [5.74, 6) is 1.86. The van der Waals surface area contributed by atoms with E-state index in [-0.39, 0.29) is 0 Å². The van der Waals surface area contributed by atoms with Gasteiger partial charge in [-0.25, -0.2) is 0 Å². The first-order valence-electron chi connectivity index (χ1n) is 5.96. The van der Waals surface area contributed by atoms with Gasteiger partial charge in [-0.3, -0.25) is 0 Å². The van der Waals surface area contributed by atoms with Crippen LogP contribution in [0.1, 0.15) is 36.8 Å². The fourth-order valence-corrected chi connectivity index (χ4v) is 2.35. The predicted molar refractivity (Wildman–Crippen MR) is 63.4 cm³/mol. The lowest BCUT2D eigenvalue weighted by molar-refractivity contribution is 0.250. The quantitative estimate of drug-likeness (QED) is 0.726. The van der Waals surface area contributed by atoms with Gasteiger partial charge in [-0.2, -0.15) is 0 Å². The van der Waals surface area contributed by atoms with Gasteiger partial charge < -0.3 is 4.74 Å². The highest BCUT2D eigenvalue weighted by molar-refractivity contribution is 5.35. The minimum Gasteiger partial charge on any atom is -0.493 e. The van der Waals surface area contributed by atoms with E-state index in [1.807, 2.05) is 0 Å². The van der Waals surface area contributed by atoms with Crippen molar-refractivity contribution in [3.8, 4) is 5.75 Å². The third kappa shape index (κ3) is 2.74. The Kier molecular flexibility index (Phi) is 3.30. The molecule has 0 atom stereocenters. The minimum absolute atomic E-state index is 0.797. The second-order valence-corrected chi connectivity index (χ2v) is 4.73. The number of rotatable bonds is 3. The summed E-state index contributed by atoms with van der Waals surface area (Å²) in [7, 11) is 0. The maximum Gasteiger partial charge on any atom is 0.122 e. The molecule has 0 saturated heterocycles. The normalized spacial score (nSPS) is 16.9. The van der Waals surface area contributed by atoms with Crippen LogP contribution in [0.3, 0.4) is 0 Å². The maximum atomic E-state index is 5.88. The summed E-state index contributed by atoms with van der Waals surface area (Å²) in [4.78, 5) is 0. The summed E-state index contributed by atoms with van der Waals surface area (Å²) in [5, 5.41) is 0. The zero-order valence-corrected chi connectivity index (χ0v) is 9.75. The number of benzene rings is 1. The number of hydrogen-bond acceptors (Lipinski definition) is 1. The number of hydrogen-bond donors (Lipinski definition) is 0. The van der Waals surface area contributed by atoms with Crippen LogP contribution in [0.5, 0.6) is 5.75 Å². The average Bonchev–Trinajstić information content (AvgIpc) is 2.69. The Labute approximate surface area is 92.5 Å². The van der Waals surface area contributed by atoms with Crippen molar-refractivity contribution in [2.24, 2.45) is 5.92 Å². The van der Waals surface area contributed by atoms with E-state index in [2.05, 4.69) is 32.0 Å². The summed E-state index contributed by atoms with van der Waals surface area (Å²) < 4.78 is 5.88. The molecule has 0 unspecified atom stereocenters. The van der Waals surface area contributed by atoms with E-state index in [4.69, 9.17) is 4.74 Å². The summed E-state index contributed by atoms with van der Waals surface area (Å²) in [6.45, 7) is 5.15. The first-order chi connectivity index (χ1) is 7.25. The van der Waals surface area contributed by atoms with Gasteiger partial charge in [0.05, 0.1) is 6.61 Å². The molecule has 82 valence electrons. The van der Waals surface area contributed by atoms with Gasteiger partial charge in [0.25, 0.3) is 0 Å². The van der Waals surface area contributed by atoms with Gasteiger partial charge >= 0.3 is 0 Å². The Balaban J connectivity index is 1.92. The Hall–Kier alpha value is -0.980. The molecule has 1 aliphatic rings. The van der Waals surface area contributed by atoms with Gasteiger partial charge in [-0.15, -0.1) is 0 Å². The second kappa shape index (κ2) is 4.69. The molecule has 0 heterocycles. The zero-order chi connectivity index (χ0) is 10.7. The molecule has 1 nitrogen and oxygen atoms in total. The van der Waals surface area contributed by atoms with Crippen molar-refractivity contribution < 1.29 is 4.74 Å². The lowest BCUT2D eigenvalue weighted by Gasteiger charge is -2.13. The second-order valence-electron chi connectivity index (χ2n) is 4.73. The van der Waals surface area contributed by atoms with Crippen LogP contribution in [0.2, 0.25) is 0 Å². The van der Waals surface area contributed by atoms with Crippen LogP contribution in [0.25, 0.3) is 0 Å². The van der Waals surface area contributed by atoms with Crippen molar-refractivity contribution in [1.29, 1.82) is 0 Å². The van der Waals surface area contributed by atoms with Crippen LogP contribution in [0, 0.1) is 19.8 Å². The van der Waals surface area contributed by atoms with Gasteiger partial charge in [-0.05, 0) is 44.2 Å². The van der Waals surface area contributed by atoms with Crippen molar-refractivity contribution >= 4 is 0 Å². The van der Waals surface area contributed by atoms with Crippen LogP contribution < -0.4 is 4.74 Å². The first-order valence-corrected chi connectivity index (χ1v) is 5.96. The molecule has 0 bridgehead atoms. The molecule has 1 aromatic rings. The predicted octanol–water partition coefficient (Wildman–Crippen LogP) is 3.87. The Morgan fingerprint density at radius 2 is 1.93 bits per heavy atom. The molecule has 1 aliphatic carbocycles. The SMILES string of the molecule is Cc1ccc(OCC2CCCC2)c(C)c1.